The summed E-state index contributed by atoms with van der Waals surface area (Å²) in [6, 6.07) is 2.00. The molecule has 19 heavy (non-hydrogen) atoms. The predicted molar refractivity (Wildman–Crippen MR) is 63.3 cm³/mol. The van der Waals surface area contributed by atoms with Crippen LogP contribution in [0, 0.1) is 0 Å². The van der Waals surface area contributed by atoms with Crippen LogP contribution in [0.5, 0.6) is 0 Å². The molecule has 2 heterocycles. The van der Waals surface area contributed by atoms with E-state index >= 15 is 0 Å². The van der Waals surface area contributed by atoms with Crippen molar-refractivity contribution in [2.24, 2.45) is 7.05 Å². The Balaban J connectivity index is 2.50. The first kappa shape index (κ1) is 13.5. The van der Waals surface area contributed by atoms with E-state index in [9.17, 15) is 13.2 Å². The van der Waals surface area contributed by atoms with Crippen molar-refractivity contribution in [1.29, 1.82) is 0 Å². The number of aryl methyl sites for hydroxylation is 1. The fourth-order valence-corrected chi connectivity index (χ4v) is 1.94. The monoisotopic (exact) mass is 270 g/mol. The molecule has 1 atom stereocenters. The van der Waals surface area contributed by atoms with Crippen molar-refractivity contribution in [3.63, 3.8) is 0 Å². The molecule has 0 radical (unpaired) electrons. The largest absolute Gasteiger partial charge is 0.416 e. The smallest absolute Gasteiger partial charge is 0.308 e. The average Bonchev–Trinajstić information content (AvgIpc) is 2.76. The number of nitrogens with one attached hydrogen (secondary N) is 1. The van der Waals surface area contributed by atoms with E-state index in [0.717, 1.165) is 12.3 Å². The Morgan fingerprint density at radius 2 is 2.05 bits per heavy atom. The summed E-state index contributed by atoms with van der Waals surface area (Å²) in [7, 11) is 3.30. The molecule has 0 aromatic carbocycles. The van der Waals surface area contributed by atoms with Gasteiger partial charge in [-0.3, -0.25) is 9.67 Å². The highest BCUT2D eigenvalue weighted by atomic mass is 19.4. The van der Waals surface area contributed by atoms with Crippen LogP contribution in [0.4, 0.5) is 13.2 Å². The van der Waals surface area contributed by atoms with Crippen LogP contribution in [0.2, 0.25) is 0 Å². The Kier molecular flexibility index (Phi) is 3.57. The standard InChI is InChI=1S/C12H13F3N4/c1-16-11(10-4-6-19(2)18-10)8-7-17-5-3-9(8)12(13,14)15/h3-7,11,16H,1-2H3. The van der Waals surface area contributed by atoms with Gasteiger partial charge in [0.1, 0.15) is 0 Å². The molecular formula is C12H13F3N4. The van der Waals surface area contributed by atoms with Crippen LogP contribution in [-0.4, -0.2) is 21.8 Å². The Labute approximate surface area is 108 Å². The van der Waals surface area contributed by atoms with Gasteiger partial charge in [0.05, 0.1) is 17.3 Å². The Hall–Kier alpha value is -1.89. The molecule has 0 amide bonds. The molecule has 1 unspecified atom stereocenters. The molecule has 2 rings (SSSR count). The lowest BCUT2D eigenvalue weighted by atomic mass is 10.00. The van der Waals surface area contributed by atoms with Gasteiger partial charge in [-0.25, -0.2) is 0 Å². The third kappa shape index (κ3) is 2.76. The number of pyridine rings is 1. The first-order valence-corrected chi connectivity index (χ1v) is 5.61. The fourth-order valence-electron chi connectivity index (χ4n) is 1.94. The van der Waals surface area contributed by atoms with Crippen LogP contribution in [-0.2, 0) is 13.2 Å². The zero-order chi connectivity index (χ0) is 14.0. The number of alkyl halides is 3. The van der Waals surface area contributed by atoms with E-state index in [2.05, 4.69) is 15.4 Å². The number of hydrogen-bond acceptors (Lipinski definition) is 3. The van der Waals surface area contributed by atoms with E-state index in [4.69, 9.17) is 0 Å². The molecule has 0 aliphatic heterocycles. The van der Waals surface area contributed by atoms with Crippen LogP contribution < -0.4 is 5.32 Å². The zero-order valence-electron chi connectivity index (χ0n) is 10.4. The summed E-state index contributed by atoms with van der Waals surface area (Å²) in [5.41, 5.74) is -0.118. The molecule has 0 spiro atoms. The van der Waals surface area contributed by atoms with Crippen molar-refractivity contribution >= 4 is 0 Å². The summed E-state index contributed by atoms with van der Waals surface area (Å²) in [5.74, 6) is 0. The van der Waals surface area contributed by atoms with Gasteiger partial charge in [0.25, 0.3) is 0 Å². The van der Waals surface area contributed by atoms with Gasteiger partial charge in [-0.2, -0.15) is 18.3 Å². The van der Waals surface area contributed by atoms with Crippen LogP contribution in [0.3, 0.4) is 0 Å². The number of rotatable bonds is 3. The van der Waals surface area contributed by atoms with Crippen molar-refractivity contribution < 1.29 is 13.2 Å². The highest BCUT2D eigenvalue weighted by Crippen LogP contribution is 2.35. The molecular weight excluding hydrogens is 257 g/mol. The molecule has 0 saturated heterocycles. The quantitative estimate of drug-likeness (QED) is 0.929. The van der Waals surface area contributed by atoms with E-state index in [1.54, 1.807) is 31.0 Å². The van der Waals surface area contributed by atoms with Gasteiger partial charge >= 0.3 is 6.18 Å². The minimum atomic E-state index is -4.41. The second kappa shape index (κ2) is 5.00. The normalized spacial score (nSPS) is 13.5. The molecule has 7 heteroatoms. The Morgan fingerprint density at radius 3 is 2.58 bits per heavy atom. The lowest BCUT2D eigenvalue weighted by Gasteiger charge is -2.19. The zero-order valence-corrected chi connectivity index (χ0v) is 10.4. The molecule has 4 nitrogen and oxygen atoms in total. The van der Waals surface area contributed by atoms with E-state index in [0.29, 0.717) is 5.69 Å². The van der Waals surface area contributed by atoms with E-state index < -0.39 is 17.8 Å². The second-order valence-electron chi connectivity index (χ2n) is 4.10. The minimum Gasteiger partial charge on any atom is -0.308 e. The van der Waals surface area contributed by atoms with Crippen LogP contribution >= 0.6 is 0 Å². The third-order valence-electron chi connectivity index (χ3n) is 2.79. The molecule has 2 aromatic heterocycles. The summed E-state index contributed by atoms with van der Waals surface area (Å²) in [4.78, 5) is 3.79. The lowest BCUT2D eigenvalue weighted by molar-refractivity contribution is -0.138. The molecule has 102 valence electrons. The molecule has 0 bridgehead atoms. The molecule has 1 N–H and O–H groups in total. The fraction of sp³-hybridized carbons (Fsp3) is 0.333. The summed E-state index contributed by atoms with van der Waals surface area (Å²) < 4.78 is 40.5. The molecule has 0 aliphatic rings. The van der Waals surface area contributed by atoms with Gasteiger partial charge in [0.2, 0.25) is 0 Å². The predicted octanol–water partition coefficient (Wildman–Crippen LogP) is 2.14. The minimum absolute atomic E-state index is 0.0659. The lowest BCUT2D eigenvalue weighted by Crippen LogP contribution is -2.22. The maximum Gasteiger partial charge on any atom is 0.416 e. The van der Waals surface area contributed by atoms with Crippen LogP contribution in [0.1, 0.15) is 22.9 Å². The second-order valence-corrected chi connectivity index (χ2v) is 4.10. The van der Waals surface area contributed by atoms with Crippen molar-refractivity contribution in [2.75, 3.05) is 7.05 Å². The van der Waals surface area contributed by atoms with Gasteiger partial charge in [-0.1, -0.05) is 0 Å². The van der Waals surface area contributed by atoms with Crippen LogP contribution in [0.25, 0.3) is 0 Å². The number of nitrogens with zero attached hydrogens (tertiary/aromatic N) is 3. The topological polar surface area (TPSA) is 42.7 Å². The number of aromatic nitrogens is 3. The summed E-state index contributed by atoms with van der Waals surface area (Å²) >= 11 is 0. The Bertz CT molecular complexity index is 562. The highest BCUT2D eigenvalue weighted by Gasteiger charge is 2.35. The Morgan fingerprint density at radius 1 is 1.32 bits per heavy atom. The molecule has 0 fully saturated rings. The molecule has 0 saturated carbocycles. The van der Waals surface area contributed by atoms with Gasteiger partial charge in [-0.05, 0) is 19.2 Å². The molecule has 2 aromatic rings. The molecule has 0 aliphatic carbocycles. The van der Waals surface area contributed by atoms with Crippen LogP contribution in [0.15, 0.2) is 30.7 Å². The van der Waals surface area contributed by atoms with Gasteiger partial charge in [-0.15, -0.1) is 0 Å². The van der Waals surface area contributed by atoms with Gasteiger partial charge in [0, 0.05) is 31.2 Å². The third-order valence-corrected chi connectivity index (χ3v) is 2.79. The first-order valence-electron chi connectivity index (χ1n) is 5.61. The first-order chi connectivity index (χ1) is 8.93. The number of halogens is 3. The van der Waals surface area contributed by atoms with Crippen molar-refractivity contribution in [3.8, 4) is 0 Å². The SMILES string of the molecule is CNC(c1ccn(C)n1)c1cnccc1C(F)(F)F. The summed E-state index contributed by atoms with van der Waals surface area (Å²) in [6.07, 6.45) is -0.373. The summed E-state index contributed by atoms with van der Waals surface area (Å²) in [5, 5.41) is 6.99. The number of hydrogen-bond donors (Lipinski definition) is 1. The van der Waals surface area contributed by atoms with E-state index in [-0.39, 0.29) is 5.56 Å². The maximum atomic E-state index is 13.0. The highest BCUT2D eigenvalue weighted by molar-refractivity contribution is 5.34. The van der Waals surface area contributed by atoms with Gasteiger partial charge in [0.15, 0.2) is 0 Å². The average molecular weight is 270 g/mol. The van der Waals surface area contributed by atoms with E-state index in [1.807, 2.05) is 0 Å². The van der Waals surface area contributed by atoms with Crippen molar-refractivity contribution in [3.05, 3.63) is 47.5 Å². The van der Waals surface area contributed by atoms with Gasteiger partial charge < -0.3 is 5.32 Å². The van der Waals surface area contributed by atoms with Crippen molar-refractivity contribution in [1.82, 2.24) is 20.1 Å². The summed E-state index contributed by atoms with van der Waals surface area (Å²) in [6.45, 7) is 0. The van der Waals surface area contributed by atoms with Crippen molar-refractivity contribution in [2.45, 2.75) is 12.2 Å². The van der Waals surface area contributed by atoms with E-state index in [1.165, 1.54) is 6.20 Å². The maximum absolute atomic E-state index is 13.0.